The van der Waals surface area contributed by atoms with Crippen LogP contribution >= 0.6 is 11.6 Å². The molecule has 146 valence electrons. The average molecular weight is 405 g/mol. The van der Waals surface area contributed by atoms with E-state index in [0.29, 0.717) is 16.8 Å². The Morgan fingerprint density at radius 1 is 0.931 bits per heavy atom. The first-order valence-corrected chi connectivity index (χ1v) is 10.1. The van der Waals surface area contributed by atoms with Crippen molar-refractivity contribution in [2.24, 2.45) is 0 Å². The van der Waals surface area contributed by atoms with Gasteiger partial charge in [0.1, 0.15) is 5.82 Å². The number of H-pyrrole nitrogens is 1. The summed E-state index contributed by atoms with van der Waals surface area (Å²) in [5.41, 5.74) is 11.0. The van der Waals surface area contributed by atoms with Crippen molar-refractivity contribution in [3.8, 4) is 22.4 Å². The predicted octanol–water partition coefficient (Wildman–Crippen LogP) is 4.39. The Labute approximate surface area is 173 Å². The number of nitrogens with one attached hydrogen (secondary N) is 2. The van der Waals surface area contributed by atoms with Crippen LogP contribution in [0.1, 0.15) is 24.5 Å². The minimum absolute atomic E-state index is 0.453. The molecule has 1 fully saturated rings. The minimum atomic E-state index is 0.453. The number of nitrogen functional groups attached to an aromatic ring is 1. The highest BCUT2D eigenvalue weighted by atomic mass is 35.5. The van der Waals surface area contributed by atoms with Crippen molar-refractivity contribution in [3.63, 3.8) is 0 Å². The van der Waals surface area contributed by atoms with E-state index in [1.54, 1.807) is 0 Å². The smallest absolute Gasteiger partial charge is 0.132 e. The van der Waals surface area contributed by atoms with E-state index < -0.39 is 0 Å². The number of hydrogen-bond acceptors (Lipinski definition) is 5. The third-order valence-corrected chi connectivity index (χ3v) is 5.84. The Hall–Kier alpha value is -2.96. The molecule has 5 rings (SSSR count). The number of rotatable bonds is 3. The second-order valence-electron chi connectivity index (χ2n) is 7.44. The van der Waals surface area contributed by atoms with Gasteiger partial charge >= 0.3 is 0 Å². The van der Waals surface area contributed by atoms with Crippen LogP contribution in [0.5, 0.6) is 0 Å². The normalized spacial score (nSPS) is 15.1. The molecule has 0 saturated carbocycles. The quantitative estimate of drug-likeness (QED) is 0.471. The van der Waals surface area contributed by atoms with Crippen LogP contribution in [0.3, 0.4) is 0 Å². The molecule has 3 aromatic heterocycles. The minimum Gasteiger partial charge on any atom is -0.383 e. The van der Waals surface area contributed by atoms with Crippen molar-refractivity contribution in [3.05, 3.63) is 59.6 Å². The number of nitrogens with two attached hydrogens (primary N) is 1. The van der Waals surface area contributed by atoms with Crippen LogP contribution in [0.2, 0.25) is 5.02 Å². The van der Waals surface area contributed by atoms with Gasteiger partial charge in [-0.3, -0.25) is 10.1 Å². The van der Waals surface area contributed by atoms with Crippen molar-refractivity contribution in [1.29, 1.82) is 0 Å². The first-order valence-electron chi connectivity index (χ1n) is 9.74. The van der Waals surface area contributed by atoms with Gasteiger partial charge in [-0.25, -0.2) is 4.98 Å². The molecule has 29 heavy (non-hydrogen) atoms. The number of aromatic amines is 1. The first-order chi connectivity index (χ1) is 14.2. The summed E-state index contributed by atoms with van der Waals surface area (Å²) in [6.45, 7) is 2.05. The van der Waals surface area contributed by atoms with Gasteiger partial charge < -0.3 is 11.1 Å². The van der Waals surface area contributed by atoms with Gasteiger partial charge in [-0.1, -0.05) is 17.7 Å². The molecule has 0 aliphatic carbocycles. The second-order valence-corrected chi connectivity index (χ2v) is 7.88. The molecule has 0 bridgehead atoms. The van der Waals surface area contributed by atoms with Gasteiger partial charge in [-0.05, 0) is 55.6 Å². The second kappa shape index (κ2) is 7.46. The molecule has 0 unspecified atom stereocenters. The molecule has 1 saturated heterocycles. The summed E-state index contributed by atoms with van der Waals surface area (Å²) in [5, 5.41) is 13.7. The fraction of sp³-hybridized carbons (Fsp3) is 0.227. The zero-order valence-electron chi connectivity index (χ0n) is 15.8. The van der Waals surface area contributed by atoms with Crippen molar-refractivity contribution in [2.75, 3.05) is 18.8 Å². The number of pyridine rings is 2. The summed E-state index contributed by atoms with van der Waals surface area (Å²) >= 11 is 6.16. The molecule has 4 N–H and O–H groups in total. The summed E-state index contributed by atoms with van der Waals surface area (Å²) < 4.78 is 0. The van der Waals surface area contributed by atoms with Crippen LogP contribution in [0.25, 0.3) is 33.2 Å². The summed E-state index contributed by atoms with van der Waals surface area (Å²) in [4.78, 5) is 9.06. The topological polar surface area (TPSA) is 92.5 Å². The fourth-order valence-electron chi connectivity index (χ4n) is 4.03. The zero-order valence-corrected chi connectivity index (χ0v) is 16.6. The Kier molecular flexibility index (Phi) is 4.66. The Morgan fingerprint density at radius 2 is 1.79 bits per heavy atom. The summed E-state index contributed by atoms with van der Waals surface area (Å²) in [6, 6.07) is 9.81. The van der Waals surface area contributed by atoms with Crippen LogP contribution in [-0.4, -0.2) is 33.3 Å². The molecule has 6 nitrogen and oxygen atoms in total. The van der Waals surface area contributed by atoms with Crippen molar-refractivity contribution >= 4 is 28.2 Å². The van der Waals surface area contributed by atoms with E-state index in [4.69, 9.17) is 17.3 Å². The van der Waals surface area contributed by atoms with Gasteiger partial charge in [0.25, 0.3) is 0 Å². The van der Waals surface area contributed by atoms with Gasteiger partial charge in [0.05, 0.1) is 11.9 Å². The third kappa shape index (κ3) is 3.45. The number of halogens is 1. The van der Waals surface area contributed by atoms with Gasteiger partial charge in [-0.2, -0.15) is 5.10 Å². The van der Waals surface area contributed by atoms with Crippen LogP contribution < -0.4 is 11.1 Å². The van der Waals surface area contributed by atoms with Crippen molar-refractivity contribution in [2.45, 2.75) is 18.8 Å². The van der Waals surface area contributed by atoms with E-state index in [2.05, 4.69) is 31.5 Å². The molecular weight excluding hydrogens is 384 g/mol. The number of hydrogen-bond donors (Lipinski definition) is 3. The number of fused-ring (bicyclic) bond motifs is 1. The first kappa shape index (κ1) is 18.1. The van der Waals surface area contributed by atoms with Crippen LogP contribution in [0, 0.1) is 0 Å². The summed E-state index contributed by atoms with van der Waals surface area (Å²) in [7, 11) is 0. The Bertz CT molecular complexity index is 1180. The van der Waals surface area contributed by atoms with Crippen molar-refractivity contribution < 1.29 is 0 Å². The highest BCUT2D eigenvalue weighted by Gasteiger charge is 2.21. The van der Waals surface area contributed by atoms with Gasteiger partial charge in [-0.15, -0.1) is 0 Å². The number of aromatic nitrogens is 4. The van der Waals surface area contributed by atoms with Gasteiger partial charge in [0.2, 0.25) is 0 Å². The Morgan fingerprint density at radius 3 is 2.66 bits per heavy atom. The lowest BCUT2D eigenvalue weighted by Gasteiger charge is -2.22. The van der Waals surface area contributed by atoms with Crippen LogP contribution in [0.15, 0.2) is 48.9 Å². The van der Waals surface area contributed by atoms with E-state index in [0.717, 1.165) is 59.1 Å². The molecule has 0 atom stereocenters. The maximum atomic E-state index is 6.22. The number of anilines is 1. The molecular formula is C22H21ClN6. The Balaban J connectivity index is 1.57. The van der Waals surface area contributed by atoms with Crippen LogP contribution in [0.4, 0.5) is 5.82 Å². The fourth-order valence-corrected chi connectivity index (χ4v) is 4.22. The summed E-state index contributed by atoms with van der Waals surface area (Å²) in [5.74, 6) is 0.922. The van der Waals surface area contributed by atoms with E-state index in [-0.39, 0.29) is 0 Å². The van der Waals surface area contributed by atoms with Gasteiger partial charge in [0, 0.05) is 51.1 Å². The highest BCUT2D eigenvalue weighted by Crippen LogP contribution is 2.35. The largest absolute Gasteiger partial charge is 0.383 e. The molecule has 0 spiro atoms. The SMILES string of the molecule is Nc1ncc(-c2cn[nH]c2C2CCNCC2)cc1-c1cc2cc(Cl)ccc2cn1. The van der Waals surface area contributed by atoms with Gasteiger partial charge in [0.15, 0.2) is 0 Å². The lowest BCUT2D eigenvalue weighted by atomic mass is 9.90. The molecule has 7 heteroatoms. The average Bonchev–Trinajstić information content (AvgIpc) is 3.24. The van der Waals surface area contributed by atoms with Crippen molar-refractivity contribution in [1.82, 2.24) is 25.5 Å². The molecule has 1 aromatic carbocycles. The lowest BCUT2D eigenvalue weighted by molar-refractivity contribution is 0.453. The molecule has 1 aliphatic rings. The van der Waals surface area contributed by atoms with E-state index in [1.165, 1.54) is 5.69 Å². The molecule has 4 heterocycles. The monoisotopic (exact) mass is 404 g/mol. The number of nitrogens with zero attached hydrogens (tertiary/aromatic N) is 3. The van der Waals surface area contributed by atoms with E-state index in [9.17, 15) is 0 Å². The summed E-state index contributed by atoms with van der Waals surface area (Å²) in [6.07, 6.45) is 7.72. The van der Waals surface area contributed by atoms with Crippen LogP contribution in [-0.2, 0) is 0 Å². The molecule has 4 aromatic rings. The molecule has 0 radical (unpaired) electrons. The number of benzene rings is 1. The highest BCUT2D eigenvalue weighted by molar-refractivity contribution is 6.31. The van der Waals surface area contributed by atoms with E-state index >= 15 is 0 Å². The maximum Gasteiger partial charge on any atom is 0.132 e. The number of piperidine rings is 1. The zero-order chi connectivity index (χ0) is 19.8. The molecule has 0 amide bonds. The standard InChI is InChI=1S/C22H21ClN6/c23-17-2-1-14-10-26-20(9-15(14)7-17)18-8-16(11-27-22(18)24)19-12-28-29-21(19)13-3-5-25-6-4-13/h1-2,7-13,25H,3-6H2,(H2,24,27)(H,28,29). The third-order valence-electron chi connectivity index (χ3n) is 5.61. The van der Waals surface area contributed by atoms with E-state index in [1.807, 2.05) is 42.9 Å². The molecule has 1 aliphatic heterocycles. The predicted molar refractivity (Wildman–Crippen MR) is 117 cm³/mol. The lowest BCUT2D eigenvalue weighted by Crippen LogP contribution is -2.27. The maximum absolute atomic E-state index is 6.22.